The van der Waals surface area contributed by atoms with E-state index in [9.17, 15) is 9.18 Å². The van der Waals surface area contributed by atoms with E-state index in [0.717, 1.165) is 0 Å². The van der Waals surface area contributed by atoms with Crippen LogP contribution in [-0.2, 0) is 10.5 Å². The Balaban J connectivity index is 2.10. The average molecular weight is 240 g/mol. The fraction of sp³-hybridized carbons (Fsp3) is 0.200. The fourth-order valence-corrected chi connectivity index (χ4v) is 1.94. The number of nitrogens with one attached hydrogen (secondary N) is 1. The fourth-order valence-electron chi connectivity index (χ4n) is 1.34. The molecule has 2 aromatic rings. The van der Waals surface area contributed by atoms with Gasteiger partial charge in [0, 0.05) is 0 Å². The maximum atomic E-state index is 12.9. The van der Waals surface area contributed by atoms with Crippen molar-refractivity contribution in [1.29, 1.82) is 0 Å². The third kappa shape index (κ3) is 2.52. The van der Waals surface area contributed by atoms with Gasteiger partial charge in [-0.1, -0.05) is 0 Å². The van der Waals surface area contributed by atoms with Gasteiger partial charge in [0.2, 0.25) is 0 Å². The Bertz CT molecular complexity index is 527. The van der Waals surface area contributed by atoms with Gasteiger partial charge >= 0.3 is 5.97 Å². The molecule has 0 aliphatic rings. The second-order valence-corrected chi connectivity index (χ2v) is 4.22. The monoisotopic (exact) mass is 240 g/mol. The Morgan fingerprint density at radius 2 is 2.38 bits per heavy atom. The highest BCUT2D eigenvalue weighted by atomic mass is 32.2. The van der Waals surface area contributed by atoms with Gasteiger partial charge in [0.05, 0.1) is 22.5 Å². The minimum absolute atomic E-state index is 0.0331. The number of aromatic nitrogens is 2. The highest BCUT2D eigenvalue weighted by Crippen LogP contribution is 2.16. The predicted molar refractivity (Wildman–Crippen MR) is 59.8 cm³/mol. The molecule has 0 atom stereocenters. The Kier molecular flexibility index (Phi) is 3.09. The molecule has 1 heterocycles. The number of fused-ring (bicyclic) bond motifs is 1. The van der Waals surface area contributed by atoms with Gasteiger partial charge in [0.15, 0.2) is 0 Å². The Morgan fingerprint density at radius 1 is 1.56 bits per heavy atom. The molecule has 84 valence electrons. The first-order valence-corrected chi connectivity index (χ1v) is 5.74. The number of H-pyrrole nitrogens is 1. The molecule has 0 spiro atoms. The summed E-state index contributed by atoms with van der Waals surface area (Å²) in [6.45, 7) is 0. The molecule has 0 aliphatic heterocycles. The highest BCUT2D eigenvalue weighted by Gasteiger charge is 2.05. The lowest BCUT2D eigenvalue weighted by atomic mass is 10.3. The summed E-state index contributed by atoms with van der Waals surface area (Å²) in [5.74, 6) is -0.00604. The third-order valence-corrected chi connectivity index (χ3v) is 2.89. The van der Waals surface area contributed by atoms with E-state index in [0.29, 0.717) is 22.6 Å². The first kappa shape index (κ1) is 10.9. The van der Waals surface area contributed by atoms with E-state index in [2.05, 4.69) is 9.97 Å². The SMILES string of the molecule is O=C(O)CSCc1nc2ccc(F)cc2[nH]1. The third-order valence-electron chi connectivity index (χ3n) is 1.96. The predicted octanol–water partition coefficient (Wildman–Crippen LogP) is 2.02. The van der Waals surface area contributed by atoms with Crippen molar-refractivity contribution in [3.63, 3.8) is 0 Å². The number of benzene rings is 1. The van der Waals surface area contributed by atoms with Crippen LogP contribution in [0.2, 0.25) is 0 Å². The van der Waals surface area contributed by atoms with Gasteiger partial charge in [-0.15, -0.1) is 11.8 Å². The van der Waals surface area contributed by atoms with Gasteiger partial charge in [-0.25, -0.2) is 9.37 Å². The van der Waals surface area contributed by atoms with Crippen LogP contribution in [0.4, 0.5) is 4.39 Å². The summed E-state index contributed by atoms with van der Waals surface area (Å²) in [6, 6.07) is 4.30. The molecule has 0 radical (unpaired) electrons. The van der Waals surface area contributed by atoms with E-state index in [4.69, 9.17) is 5.11 Å². The number of hydrogen-bond donors (Lipinski definition) is 2. The molecule has 1 aromatic heterocycles. The molecule has 2 N–H and O–H groups in total. The Morgan fingerprint density at radius 3 is 3.12 bits per heavy atom. The molecule has 16 heavy (non-hydrogen) atoms. The zero-order chi connectivity index (χ0) is 11.5. The van der Waals surface area contributed by atoms with E-state index in [-0.39, 0.29) is 11.6 Å². The zero-order valence-electron chi connectivity index (χ0n) is 8.24. The number of imidazole rings is 1. The minimum Gasteiger partial charge on any atom is -0.481 e. The lowest BCUT2D eigenvalue weighted by Crippen LogP contribution is -1.98. The Labute approximate surface area is 94.9 Å². The molecular weight excluding hydrogens is 231 g/mol. The van der Waals surface area contributed by atoms with Crippen LogP contribution in [0.25, 0.3) is 11.0 Å². The average Bonchev–Trinajstić information content (AvgIpc) is 2.58. The van der Waals surface area contributed by atoms with E-state index >= 15 is 0 Å². The number of rotatable bonds is 4. The number of carboxylic acids is 1. The first-order valence-electron chi connectivity index (χ1n) is 4.59. The second kappa shape index (κ2) is 4.52. The zero-order valence-corrected chi connectivity index (χ0v) is 9.05. The topological polar surface area (TPSA) is 66.0 Å². The van der Waals surface area contributed by atoms with Crippen LogP contribution >= 0.6 is 11.8 Å². The smallest absolute Gasteiger partial charge is 0.313 e. The van der Waals surface area contributed by atoms with Crippen LogP contribution in [-0.4, -0.2) is 26.8 Å². The molecule has 0 bridgehead atoms. The number of thioether (sulfide) groups is 1. The number of hydrogen-bond acceptors (Lipinski definition) is 3. The van der Waals surface area contributed by atoms with E-state index < -0.39 is 5.97 Å². The molecule has 0 amide bonds. The minimum atomic E-state index is -0.854. The number of aromatic amines is 1. The molecule has 0 saturated heterocycles. The number of nitrogens with zero attached hydrogens (tertiary/aromatic N) is 1. The van der Waals surface area contributed by atoms with Gasteiger partial charge in [-0.3, -0.25) is 4.79 Å². The normalized spacial score (nSPS) is 10.8. The van der Waals surface area contributed by atoms with Crippen molar-refractivity contribution < 1.29 is 14.3 Å². The molecule has 1 aromatic carbocycles. The highest BCUT2D eigenvalue weighted by molar-refractivity contribution is 7.99. The molecule has 0 fully saturated rings. The number of carboxylic acid groups (broad SMARTS) is 1. The van der Waals surface area contributed by atoms with Gasteiger partial charge < -0.3 is 10.1 Å². The van der Waals surface area contributed by atoms with Crippen LogP contribution in [0.5, 0.6) is 0 Å². The van der Waals surface area contributed by atoms with Crippen LogP contribution in [0.1, 0.15) is 5.82 Å². The van der Waals surface area contributed by atoms with Gasteiger partial charge in [-0.2, -0.15) is 0 Å². The molecular formula is C10H9FN2O2S. The molecule has 4 nitrogen and oxygen atoms in total. The summed E-state index contributed by atoms with van der Waals surface area (Å²) in [5.41, 5.74) is 1.32. The number of halogens is 1. The van der Waals surface area contributed by atoms with Crippen molar-refractivity contribution in [2.75, 3.05) is 5.75 Å². The van der Waals surface area contributed by atoms with E-state index in [1.807, 2.05) is 0 Å². The maximum absolute atomic E-state index is 12.9. The largest absolute Gasteiger partial charge is 0.481 e. The summed E-state index contributed by atoms with van der Waals surface area (Å²) in [4.78, 5) is 17.5. The van der Waals surface area contributed by atoms with Crippen LogP contribution in [0.15, 0.2) is 18.2 Å². The molecule has 0 saturated carbocycles. The van der Waals surface area contributed by atoms with Gasteiger partial charge in [0.25, 0.3) is 0 Å². The van der Waals surface area contributed by atoms with Gasteiger partial charge in [0.1, 0.15) is 11.6 Å². The van der Waals surface area contributed by atoms with Crippen molar-refractivity contribution in [3.8, 4) is 0 Å². The molecule has 6 heteroatoms. The van der Waals surface area contributed by atoms with Crippen molar-refractivity contribution in [2.45, 2.75) is 5.75 Å². The maximum Gasteiger partial charge on any atom is 0.313 e. The summed E-state index contributed by atoms with van der Waals surface area (Å²) in [7, 11) is 0. The number of carbonyl (C=O) groups is 1. The van der Waals surface area contributed by atoms with Crippen molar-refractivity contribution in [2.24, 2.45) is 0 Å². The molecule has 0 aliphatic carbocycles. The van der Waals surface area contributed by atoms with Crippen LogP contribution in [0.3, 0.4) is 0 Å². The summed E-state index contributed by atoms with van der Waals surface area (Å²) in [6.07, 6.45) is 0. The van der Waals surface area contributed by atoms with E-state index in [1.54, 1.807) is 6.07 Å². The van der Waals surface area contributed by atoms with E-state index in [1.165, 1.54) is 23.9 Å². The second-order valence-electron chi connectivity index (χ2n) is 3.23. The van der Waals surface area contributed by atoms with Crippen LogP contribution in [0, 0.1) is 5.82 Å². The molecule has 0 unspecified atom stereocenters. The van der Waals surface area contributed by atoms with Gasteiger partial charge in [-0.05, 0) is 18.2 Å². The quantitative estimate of drug-likeness (QED) is 0.858. The summed E-state index contributed by atoms with van der Waals surface area (Å²) in [5, 5.41) is 8.47. The lowest BCUT2D eigenvalue weighted by molar-refractivity contribution is -0.133. The lowest BCUT2D eigenvalue weighted by Gasteiger charge is -1.93. The summed E-state index contributed by atoms with van der Waals surface area (Å²) >= 11 is 1.25. The Hall–Kier alpha value is -1.56. The molecule has 2 rings (SSSR count). The van der Waals surface area contributed by atoms with Crippen molar-refractivity contribution in [1.82, 2.24) is 9.97 Å². The van der Waals surface area contributed by atoms with Crippen molar-refractivity contribution >= 4 is 28.8 Å². The van der Waals surface area contributed by atoms with Crippen LogP contribution < -0.4 is 0 Å². The summed E-state index contributed by atoms with van der Waals surface area (Å²) < 4.78 is 12.9. The van der Waals surface area contributed by atoms with Crippen molar-refractivity contribution in [3.05, 3.63) is 29.8 Å². The first-order chi connectivity index (χ1) is 7.65. The standard InChI is InChI=1S/C10H9FN2O2S/c11-6-1-2-7-8(3-6)13-9(12-7)4-16-5-10(14)15/h1-3H,4-5H2,(H,12,13)(H,14,15). The number of aliphatic carboxylic acids is 1.